The van der Waals surface area contributed by atoms with E-state index >= 15 is 0 Å². The van der Waals surface area contributed by atoms with Crippen molar-refractivity contribution in [3.05, 3.63) is 51.5 Å². The number of ketones is 1. The average Bonchev–Trinajstić information content (AvgIpc) is 3.41. The molecule has 0 bridgehead atoms. The first-order chi connectivity index (χ1) is 16.2. The molecule has 0 spiro atoms. The van der Waals surface area contributed by atoms with Crippen LogP contribution in [0.2, 0.25) is 10.0 Å². The van der Waals surface area contributed by atoms with Gasteiger partial charge in [0.2, 0.25) is 0 Å². The third kappa shape index (κ3) is 4.70. The predicted molar refractivity (Wildman–Crippen MR) is 127 cm³/mol. The Morgan fingerprint density at radius 2 is 2.15 bits per heavy atom. The Morgan fingerprint density at radius 3 is 2.82 bits per heavy atom. The number of carbonyl (C=O) groups excluding carboxylic acids is 2. The smallest absolute Gasteiger partial charge is 0.326 e. The number of halogens is 2. The Bertz CT molecular complexity index is 1160. The van der Waals surface area contributed by atoms with Gasteiger partial charge in [0, 0.05) is 35.7 Å². The number of nitrogens with zero attached hydrogens (tertiary/aromatic N) is 1. The maximum absolute atomic E-state index is 12.4. The van der Waals surface area contributed by atoms with Crippen molar-refractivity contribution in [1.82, 2.24) is 15.3 Å². The molecule has 2 aliphatic rings. The number of nitrogens with one attached hydrogen (secondary N) is 2. The minimum Gasteiger partial charge on any atom is -0.482 e. The number of rotatable bonds is 9. The second-order valence-corrected chi connectivity index (χ2v) is 9.55. The zero-order chi connectivity index (χ0) is 24.5. The Morgan fingerprint density at radius 1 is 1.35 bits per heavy atom. The van der Waals surface area contributed by atoms with Gasteiger partial charge in [-0.3, -0.25) is 9.59 Å². The summed E-state index contributed by atoms with van der Waals surface area (Å²) in [5.74, 6) is -1.45. The fourth-order valence-electron chi connectivity index (χ4n) is 4.98. The highest BCUT2D eigenvalue weighted by molar-refractivity contribution is 6.44. The van der Waals surface area contributed by atoms with Gasteiger partial charge >= 0.3 is 5.97 Å². The number of carboxylic acids is 1. The summed E-state index contributed by atoms with van der Waals surface area (Å²) in [6.07, 6.45) is 8.59. The minimum atomic E-state index is -1.17. The number of allylic oxidation sites excluding steroid dienone is 2. The minimum absolute atomic E-state index is 0.0554. The molecule has 2 aromatic rings. The zero-order valence-corrected chi connectivity index (χ0v) is 20.1. The Kier molecular flexibility index (Phi) is 7.00. The van der Waals surface area contributed by atoms with E-state index in [0.717, 1.165) is 42.4 Å². The third-order valence-corrected chi connectivity index (χ3v) is 7.33. The molecule has 0 radical (unpaired) electrons. The first-order valence-electron chi connectivity index (χ1n) is 11.1. The number of benzene rings is 1. The average molecular weight is 506 g/mol. The molecule has 34 heavy (non-hydrogen) atoms. The molecule has 0 fully saturated rings. The van der Waals surface area contributed by atoms with E-state index in [-0.39, 0.29) is 28.4 Å². The van der Waals surface area contributed by atoms with Gasteiger partial charge in [-0.15, -0.1) is 0 Å². The summed E-state index contributed by atoms with van der Waals surface area (Å²) in [4.78, 5) is 42.8. The van der Waals surface area contributed by atoms with Gasteiger partial charge in [0.15, 0.2) is 12.4 Å². The molecule has 2 atom stereocenters. The first kappa shape index (κ1) is 24.3. The van der Waals surface area contributed by atoms with Crippen molar-refractivity contribution in [3.63, 3.8) is 0 Å². The molecule has 1 amide bonds. The number of aromatic amines is 1. The lowest BCUT2D eigenvalue weighted by molar-refractivity contribution is -0.142. The van der Waals surface area contributed by atoms with E-state index in [2.05, 4.69) is 22.2 Å². The van der Waals surface area contributed by atoms with Gasteiger partial charge in [0.1, 0.15) is 16.8 Å². The maximum atomic E-state index is 12.4. The van der Waals surface area contributed by atoms with Crippen LogP contribution in [0.5, 0.6) is 5.75 Å². The van der Waals surface area contributed by atoms with Crippen molar-refractivity contribution >= 4 is 46.4 Å². The molecule has 180 valence electrons. The molecule has 3 N–H and O–H groups in total. The summed E-state index contributed by atoms with van der Waals surface area (Å²) in [5, 5.41) is 12.3. The van der Waals surface area contributed by atoms with E-state index in [9.17, 15) is 19.5 Å². The SMILES string of the molecule is CCC[C@]12CCC(=O)C=C1c1c(cc(OCC(=O)N[C@@H](Cc3cnc[nH]3)C(=O)O)c(Cl)c1Cl)C2. The molecule has 0 unspecified atom stereocenters. The van der Waals surface area contributed by atoms with Crippen LogP contribution < -0.4 is 10.1 Å². The van der Waals surface area contributed by atoms with Gasteiger partial charge < -0.3 is 20.1 Å². The predicted octanol–water partition coefficient (Wildman–Crippen LogP) is 4.00. The molecule has 4 rings (SSSR count). The molecule has 0 aliphatic heterocycles. The van der Waals surface area contributed by atoms with Gasteiger partial charge in [-0.05, 0) is 42.5 Å². The van der Waals surface area contributed by atoms with Crippen LogP contribution in [-0.2, 0) is 27.2 Å². The summed E-state index contributed by atoms with van der Waals surface area (Å²) in [6.45, 7) is 1.69. The number of aliphatic carboxylic acids is 1. The lowest BCUT2D eigenvalue weighted by Gasteiger charge is -2.33. The standard InChI is InChI=1S/C24H25Cl2N3O5/c1-2-4-24-5-3-15(30)8-16(24)20-13(9-24)6-18(21(25)22(20)26)34-11-19(31)29-17(23(32)33)7-14-10-27-12-28-14/h6,8,10,12,17H,2-5,7,9,11H2,1H3,(H,27,28)(H,29,31)(H,32,33)/t17-,24+/m0/s1. The van der Waals surface area contributed by atoms with Crippen LogP contribution in [0.3, 0.4) is 0 Å². The van der Waals surface area contributed by atoms with E-state index in [1.54, 1.807) is 12.1 Å². The second kappa shape index (κ2) is 9.80. The molecule has 1 aromatic heterocycles. The number of hydrogen-bond acceptors (Lipinski definition) is 5. The highest BCUT2D eigenvalue weighted by atomic mass is 35.5. The number of fused-ring (bicyclic) bond motifs is 3. The Hall–Kier alpha value is -2.84. The third-order valence-electron chi connectivity index (χ3n) is 6.48. The number of H-pyrrole nitrogens is 1. The van der Waals surface area contributed by atoms with Gasteiger partial charge in [-0.1, -0.05) is 36.5 Å². The molecular weight excluding hydrogens is 481 g/mol. The van der Waals surface area contributed by atoms with Gasteiger partial charge in [-0.2, -0.15) is 0 Å². The van der Waals surface area contributed by atoms with Crippen molar-refractivity contribution < 1.29 is 24.2 Å². The molecule has 1 aromatic carbocycles. The van der Waals surface area contributed by atoms with Gasteiger partial charge in [0.05, 0.1) is 11.3 Å². The summed E-state index contributed by atoms with van der Waals surface area (Å²) < 4.78 is 5.66. The lowest BCUT2D eigenvalue weighted by atomic mass is 9.70. The number of carbonyl (C=O) groups is 3. The van der Waals surface area contributed by atoms with E-state index in [0.29, 0.717) is 17.1 Å². The quantitative estimate of drug-likeness (QED) is 0.473. The number of ether oxygens (including phenoxy) is 1. The lowest BCUT2D eigenvalue weighted by Crippen LogP contribution is -2.44. The fourth-order valence-corrected chi connectivity index (χ4v) is 5.50. The van der Waals surface area contributed by atoms with Crippen LogP contribution in [0.15, 0.2) is 24.7 Å². The summed E-state index contributed by atoms with van der Waals surface area (Å²) in [6, 6.07) is 0.633. The highest BCUT2D eigenvalue weighted by Crippen LogP contribution is 2.58. The second-order valence-electron chi connectivity index (χ2n) is 8.80. The largest absolute Gasteiger partial charge is 0.482 e. The Balaban J connectivity index is 1.51. The molecule has 0 saturated carbocycles. The number of carboxylic acid groups (broad SMARTS) is 1. The fraction of sp³-hybridized carbons (Fsp3) is 0.417. The molecular formula is C24H25Cl2N3O5. The van der Waals surface area contributed by atoms with E-state index in [1.807, 2.05) is 0 Å². The van der Waals surface area contributed by atoms with E-state index in [1.165, 1.54) is 12.5 Å². The van der Waals surface area contributed by atoms with Crippen LogP contribution in [-0.4, -0.2) is 45.4 Å². The van der Waals surface area contributed by atoms with Gasteiger partial charge in [-0.25, -0.2) is 9.78 Å². The number of amides is 1. The van der Waals surface area contributed by atoms with Crippen LogP contribution in [0.1, 0.15) is 49.4 Å². The monoisotopic (exact) mass is 505 g/mol. The number of hydrogen-bond donors (Lipinski definition) is 3. The van der Waals surface area contributed by atoms with Crippen molar-refractivity contribution in [1.29, 1.82) is 0 Å². The van der Waals surface area contributed by atoms with Crippen molar-refractivity contribution in [2.75, 3.05) is 6.61 Å². The van der Waals surface area contributed by atoms with Crippen LogP contribution in [0.4, 0.5) is 0 Å². The molecule has 8 nitrogen and oxygen atoms in total. The number of aromatic nitrogens is 2. The topological polar surface area (TPSA) is 121 Å². The van der Waals surface area contributed by atoms with E-state index in [4.69, 9.17) is 27.9 Å². The van der Waals surface area contributed by atoms with Crippen LogP contribution in [0, 0.1) is 5.41 Å². The molecule has 1 heterocycles. The van der Waals surface area contributed by atoms with Crippen LogP contribution >= 0.6 is 23.2 Å². The highest BCUT2D eigenvalue weighted by Gasteiger charge is 2.45. The van der Waals surface area contributed by atoms with Crippen molar-refractivity contribution in [2.24, 2.45) is 5.41 Å². The zero-order valence-electron chi connectivity index (χ0n) is 18.6. The van der Waals surface area contributed by atoms with Crippen molar-refractivity contribution in [2.45, 2.75) is 51.5 Å². The number of imidazole rings is 1. The maximum Gasteiger partial charge on any atom is 0.326 e. The van der Waals surface area contributed by atoms with Gasteiger partial charge in [0.25, 0.3) is 5.91 Å². The molecule has 2 aliphatic carbocycles. The Labute approximate surface area is 206 Å². The first-order valence-corrected chi connectivity index (χ1v) is 11.9. The van der Waals surface area contributed by atoms with E-state index < -0.39 is 24.5 Å². The molecule has 0 saturated heterocycles. The summed E-state index contributed by atoms with van der Waals surface area (Å²) >= 11 is 13.1. The van der Waals surface area contributed by atoms with Crippen molar-refractivity contribution in [3.8, 4) is 5.75 Å². The van der Waals surface area contributed by atoms with Crippen LogP contribution in [0.25, 0.3) is 5.57 Å². The normalized spacial score (nSPS) is 19.7. The summed E-state index contributed by atoms with van der Waals surface area (Å²) in [7, 11) is 0. The summed E-state index contributed by atoms with van der Waals surface area (Å²) in [5.41, 5.74) is 3.10. The molecule has 10 heteroatoms.